The van der Waals surface area contributed by atoms with Gasteiger partial charge in [-0.15, -0.1) is 11.3 Å². The number of halogens is 2. The second kappa shape index (κ2) is 8.09. The van der Waals surface area contributed by atoms with Crippen LogP contribution in [0.2, 0.25) is 0 Å². The summed E-state index contributed by atoms with van der Waals surface area (Å²) in [5.41, 5.74) is 7.62. The Balaban J connectivity index is 1.56. The van der Waals surface area contributed by atoms with E-state index in [0.717, 1.165) is 29.5 Å². The van der Waals surface area contributed by atoms with Crippen molar-refractivity contribution in [2.24, 2.45) is 5.92 Å². The first-order chi connectivity index (χ1) is 16.6. The number of nitrogens with two attached hydrogens (primary N) is 1. The van der Waals surface area contributed by atoms with Gasteiger partial charge in [0.1, 0.15) is 16.6 Å². The van der Waals surface area contributed by atoms with Crippen LogP contribution in [0, 0.1) is 28.9 Å². The molecule has 1 aromatic carbocycles. The Morgan fingerprint density at radius 3 is 2.85 bits per heavy atom. The Bertz CT molecular complexity index is 1510. The van der Waals surface area contributed by atoms with E-state index >= 15 is 4.39 Å². The number of hydrogen-bond donors (Lipinski definition) is 1. The fourth-order valence-corrected chi connectivity index (χ4v) is 5.43. The van der Waals surface area contributed by atoms with Crippen molar-refractivity contribution < 1.29 is 23.0 Å². The number of nitriles is 1. The zero-order valence-corrected chi connectivity index (χ0v) is 18.5. The molecule has 0 unspecified atom stereocenters. The molecule has 11 heteroatoms. The van der Waals surface area contributed by atoms with Crippen LogP contribution in [0.25, 0.3) is 32.2 Å². The summed E-state index contributed by atoms with van der Waals surface area (Å²) in [5, 5.41) is 10.5. The number of ether oxygens (including phenoxy) is 3. The second-order valence-corrected chi connectivity index (χ2v) is 9.26. The third kappa shape index (κ3) is 3.18. The van der Waals surface area contributed by atoms with Crippen molar-refractivity contribution in [3.05, 3.63) is 40.7 Å². The lowest BCUT2D eigenvalue weighted by Crippen LogP contribution is -2.13. The maximum atomic E-state index is 16.1. The van der Waals surface area contributed by atoms with Gasteiger partial charge < -0.3 is 19.9 Å². The summed E-state index contributed by atoms with van der Waals surface area (Å²) in [6.45, 7) is 2.04. The average molecular weight is 481 g/mol. The summed E-state index contributed by atoms with van der Waals surface area (Å²) in [7, 11) is 0. The summed E-state index contributed by atoms with van der Waals surface area (Å²) in [4.78, 5) is 12.8. The van der Waals surface area contributed by atoms with Crippen LogP contribution in [0.1, 0.15) is 23.1 Å². The molecule has 1 saturated heterocycles. The number of aromatic nitrogens is 3. The summed E-state index contributed by atoms with van der Waals surface area (Å²) in [5.74, 6) is -1.05. The summed E-state index contributed by atoms with van der Waals surface area (Å²) >= 11 is 0.933. The van der Waals surface area contributed by atoms with Crippen molar-refractivity contribution in [1.82, 2.24) is 15.0 Å². The van der Waals surface area contributed by atoms with Crippen LogP contribution < -0.4 is 10.5 Å². The molecule has 0 aliphatic carbocycles. The van der Waals surface area contributed by atoms with E-state index in [9.17, 15) is 9.65 Å². The monoisotopic (exact) mass is 481 g/mol. The van der Waals surface area contributed by atoms with E-state index in [-0.39, 0.29) is 62.6 Å². The van der Waals surface area contributed by atoms with Crippen molar-refractivity contribution in [3.63, 3.8) is 0 Å². The number of benzene rings is 1. The normalized spacial score (nSPS) is 17.4. The van der Waals surface area contributed by atoms with Crippen LogP contribution >= 0.6 is 11.3 Å². The topological polar surface area (TPSA) is 116 Å². The molecule has 172 valence electrons. The zero-order valence-electron chi connectivity index (χ0n) is 17.7. The van der Waals surface area contributed by atoms with Gasteiger partial charge in [0.25, 0.3) is 0 Å². The summed E-state index contributed by atoms with van der Waals surface area (Å²) < 4.78 is 47.5. The predicted molar refractivity (Wildman–Crippen MR) is 120 cm³/mol. The van der Waals surface area contributed by atoms with Gasteiger partial charge in [0.15, 0.2) is 11.6 Å². The minimum absolute atomic E-state index is 0.0490. The number of pyridine rings is 1. The van der Waals surface area contributed by atoms with E-state index in [1.807, 2.05) is 6.07 Å². The van der Waals surface area contributed by atoms with Gasteiger partial charge in [-0.2, -0.15) is 10.2 Å². The number of anilines is 1. The minimum atomic E-state index is -0.662. The molecule has 5 heterocycles. The zero-order chi connectivity index (χ0) is 23.4. The highest BCUT2D eigenvalue weighted by Gasteiger charge is 2.30. The molecule has 2 N–H and O–H groups in total. The highest BCUT2D eigenvalue weighted by atomic mass is 32.1. The van der Waals surface area contributed by atoms with Gasteiger partial charge in [-0.05, 0) is 17.5 Å². The smallest absolute Gasteiger partial charge is 0.317 e. The van der Waals surface area contributed by atoms with Crippen molar-refractivity contribution in [2.75, 3.05) is 25.6 Å². The van der Waals surface area contributed by atoms with Gasteiger partial charge in [0.2, 0.25) is 0 Å². The van der Waals surface area contributed by atoms with E-state index in [1.165, 1.54) is 6.20 Å². The number of nitrogen functional groups attached to an aromatic ring is 1. The first-order valence-corrected chi connectivity index (χ1v) is 11.4. The number of hydrogen-bond acceptors (Lipinski definition) is 9. The fraction of sp³-hybridized carbons (Fsp3) is 0.304. The van der Waals surface area contributed by atoms with E-state index < -0.39 is 11.6 Å². The molecule has 34 heavy (non-hydrogen) atoms. The fourth-order valence-electron chi connectivity index (χ4n) is 4.51. The Morgan fingerprint density at radius 2 is 2.06 bits per heavy atom. The van der Waals surface area contributed by atoms with Crippen molar-refractivity contribution in [2.45, 2.75) is 19.6 Å². The van der Waals surface area contributed by atoms with Crippen LogP contribution in [0.4, 0.5) is 13.8 Å². The first-order valence-electron chi connectivity index (χ1n) is 10.6. The molecular formula is C23H17F2N5O3S. The first kappa shape index (κ1) is 21.1. The van der Waals surface area contributed by atoms with Crippen LogP contribution in [0.15, 0.2) is 12.4 Å². The molecule has 0 radical (unpaired) electrons. The number of thiophene rings is 1. The van der Waals surface area contributed by atoms with Gasteiger partial charge in [-0.3, -0.25) is 4.98 Å². The molecule has 8 nitrogen and oxygen atoms in total. The van der Waals surface area contributed by atoms with Gasteiger partial charge in [0.05, 0.1) is 48.6 Å². The van der Waals surface area contributed by atoms with Gasteiger partial charge >= 0.3 is 6.01 Å². The average Bonchev–Trinajstić information content (AvgIpc) is 3.59. The number of rotatable bonds is 4. The molecule has 2 aliphatic heterocycles. The molecule has 0 spiro atoms. The quantitative estimate of drug-likeness (QED) is 0.463. The minimum Gasteiger partial charge on any atom is -0.463 e. The van der Waals surface area contributed by atoms with Crippen LogP contribution in [0.3, 0.4) is 0 Å². The van der Waals surface area contributed by atoms with Gasteiger partial charge in [-0.25, -0.2) is 13.8 Å². The highest BCUT2D eigenvalue weighted by Crippen LogP contribution is 2.44. The lowest BCUT2D eigenvalue weighted by atomic mass is 9.94. The molecular weight excluding hydrogens is 464 g/mol. The number of nitrogens with zero attached hydrogens (tertiary/aromatic N) is 4. The predicted octanol–water partition coefficient (Wildman–Crippen LogP) is 4.08. The van der Waals surface area contributed by atoms with Crippen molar-refractivity contribution in [3.8, 4) is 23.3 Å². The molecule has 0 bridgehead atoms. The van der Waals surface area contributed by atoms with Crippen LogP contribution in [-0.4, -0.2) is 34.8 Å². The molecule has 2 aliphatic rings. The Morgan fingerprint density at radius 1 is 1.21 bits per heavy atom. The summed E-state index contributed by atoms with van der Waals surface area (Å²) in [6.07, 6.45) is 3.42. The van der Waals surface area contributed by atoms with Crippen LogP contribution in [0.5, 0.6) is 6.01 Å². The molecule has 0 amide bonds. The Hall–Kier alpha value is -3.46. The maximum absolute atomic E-state index is 16.1. The van der Waals surface area contributed by atoms with E-state index in [1.54, 1.807) is 0 Å². The van der Waals surface area contributed by atoms with E-state index in [2.05, 4.69) is 15.0 Å². The van der Waals surface area contributed by atoms with Crippen LogP contribution in [-0.2, 0) is 22.7 Å². The lowest BCUT2D eigenvalue weighted by Gasteiger charge is -2.14. The largest absolute Gasteiger partial charge is 0.463 e. The SMILES string of the molecule is N#Cc1c(N)sc2c(F)cnc(-c3c4c(c5cnc(OC[C@@H]6CCOC6)nc5c3F)COC4)c12. The third-order valence-corrected chi connectivity index (χ3v) is 7.22. The number of fused-ring (bicyclic) bond motifs is 4. The lowest BCUT2D eigenvalue weighted by molar-refractivity contribution is 0.135. The summed E-state index contributed by atoms with van der Waals surface area (Å²) in [6, 6.07) is 2.06. The Kier molecular flexibility index (Phi) is 5.02. The molecule has 6 rings (SSSR count). The molecule has 1 fully saturated rings. The molecule has 4 aromatic rings. The molecule has 0 saturated carbocycles. The van der Waals surface area contributed by atoms with Crippen molar-refractivity contribution in [1.29, 1.82) is 5.26 Å². The standard InChI is InChI=1S/C23H17F2N5O3S/c24-15-5-28-20(17-11(3-26)22(27)34-21(15)17)16-14-9-32-8-13(14)12-4-29-23(30-19(12)18(16)25)33-7-10-1-2-31-6-10/h4-5,10H,1-2,6-9,27H2/t10-/m1/s1. The second-order valence-electron chi connectivity index (χ2n) is 8.21. The van der Waals surface area contributed by atoms with Gasteiger partial charge in [0, 0.05) is 35.1 Å². The third-order valence-electron chi connectivity index (χ3n) is 6.19. The maximum Gasteiger partial charge on any atom is 0.317 e. The van der Waals surface area contributed by atoms with Gasteiger partial charge in [-0.1, -0.05) is 0 Å². The van der Waals surface area contributed by atoms with E-state index in [4.69, 9.17) is 19.9 Å². The molecule has 3 aromatic heterocycles. The molecule has 1 atom stereocenters. The van der Waals surface area contributed by atoms with Crippen molar-refractivity contribution >= 4 is 37.3 Å². The van der Waals surface area contributed by atoms with E-state index in [0.29, 0.717) is 30.8 Å². The Labute approximate surface area is 195 Å². The highest BCUT2D eigenvalue weighted by molar-refractivity contribution is 7.23.